The minimum Gasteiger partial charge on any atom is -0.493 e. The van der Waals surface area contributed by atoms with Gasteiger partial charge >= 0.3 is 5.69 Å². The van der Waals surface area contributed by atoms with Crippen molar-refractivity contribution >= 4 is 23.3 Å². The van der Waals surface area contributed by atoms with E-state index in [0.717, 1.165) is 12.1 Å². The van der Waals surface area contributed by atoms with Crippen LogP contribution in [0.25, 0.3) is 0 Å². The van der Waals surface area contributed by atoms with E-state index in [-0.39, 0.29) is 18.0 Å². The highest BCUT2D eigenvalue weighted by Crippen LogP contribution is 2.29. The van der Waals surface area contributed by atoms with Crippen LogP contribution in [-0.4, -0.2) is 29.8 Å². The average molecular weight is 370 g/mol. The van der Waals surface area contributed by atoms with Gasteiger partial charge in [0.15, 0.2) is 11.5 Å². The third kappa shape index (κ3) is 4.93. The standard InChI is InChI=1S/C17H14N4O6/c1-3-8-27-16-7-4-12(9-17(16)26-2)11-18-19-14-6-5-13(20(22)23)10-15(14)21(24)25/h1,4-7,9-11,19H,8H2,2H3/b18-11+. The molecule has 0 aliphatic carbocycles. The van der Waals surface area contributed by atoms with Crippen molar-refractivity contribution < 1.29 is 19.3 Å². The predicted octanol–water partition coefficient (Wildman–Crippen LogP) is 2.97. The van der Waals surface area contributed by atoms with E-state index in [1.54, 1.807) is 18.2 Å². The van der Waals surface area contributed by atoms with Crippen molar-refractivity contribution in [1.29, 1.82) is 0 Å². The summed E-state index contributed by atoms with van der Waals surface area (Å²) in [4.78, 5) is 20.4. The lowest BCUT2D eigenvalue weighted by Crippen LogP contribution is -1.99. The van der Waals surface area contributed by atoms with E-state index >= 15 is 0 Å². The Balaban J connectivity index is 2.19. The Bertz CT molecular complexity index is 936. The van der Waals surface area contributed by atoms with Gasteiger partial charge < -0.3 is 9.47 Å². The van der Waals surface area contributed by atoms with Crippen molar-refractivity contribution in [3.05, 3.63) is 62.2 Å². The summed E-state index contributed by atoms with van der Waals surface area (Å²) in [5, 5.41) is 25.7. The highest BCUT2D eigenvalue weighted by atomic mass is 16.6. The van der Waals surface area contributed by atoms with E-state index in [9.17, 15) is 20.2 Å². The van der Waals surface area contributed by atoms with Crippen molar-refractivity contribution in [2.45, 2.75) is 0 Å². The number of hydrogen-bond acceptors (Lipinski definition) is 8. The number of nitrogens with zero attached hydrogens (tertiary/aromatic N) is 3. The summed E-state index contributed by atoms with van der Waals surface area (Å²) >= 11 is 0. The maximum absolute atomic E-state index is 11.1. The van der Waals surface area contributed by atoms with Crippen LogP contribution in [0.1, 0.15) is 5.56 Å². The van der Waals surface area contributed by atoms with E-state index in [4.69, 9.17) is 15.9 Å². The molecule has 0 fully saturated rings. The van der Waals surface area contributed by atoms with Crippen LogP contribution in [0.3, 0.4) is 0 Å². The monoisotopic (exact) mass is 370 g/mol. The van der Waals surface area contributed by atoms with Gasteiger partial charge in [0.1, 0.15) is 12.3 Å². The molecule has 0 atom stereocenters. The van der Waals surface area contributed by atoms with Crippen molar-refractivity contribution in [2.24, 2.45) is 5.10 Å². The van der Waals surface area contributed by atoms with Gasteiger partial charge in [-0.3, -0.25) is 25.7 Å². The number of terminal acetylenes is 1. The van der Waals surface area contributed by atoms with E-state index in [1.807, 2.05) is 0 Å². The van der Waals surface area contributed by atoms with Gasteiger partial charge in [0.2, 0.25) is 0 Å². The van der Waals surface area contributed by atoms with Crippen LogP contribution >= 0.6 is 0 Å². The maximum Gasteiger partial charge on any atom is 0.301 e. The number of hydrogen-bond donors (Lipinski definition) is 1. The quantitative estimate of drug-likeness (QED) is 0.327. The lowest BCUT2D eigenvalue weighted by atomic mass is 10.2. The van der Waals surface area contributed by atoms with Gasteiger partial charge in [0, 0.05) is 6.07 Å². The second-order valence-electron chi connectivity index (χ2n) is 4.99. The Morgan fingerprint density at radius 3 is 2.59 bits per heavy atom. The molecule has 0 saturated carbocycles. The van der Waals surface area contributed by atoms with Gasteiger partial charge in [-0.1, -0.05) is 5.92 Å². The third-order valence-electron chi connectivity index (χ3n) is 3.29. The molecule has 0 saturated heterocycles. The fourth-order valence-electron chi connectivity index (χ4n) is 2.06. The van der Waals surface area contributed by atoms with Gasteiger partial charge in [-0.05, 0) is 29.8 Å². The molecule has 0 spiro atoms. The maximum atomic E-state index is 11.1. The van der Waals surface area contributed by atoms with Crippen LogP contribution in [0.4, 0.5) is 17.1 Å². The van der Waals surface area contributed by atoms with Crippen LogP contribution in [0.15, 0.2) is 41.5 Å². The summed E-state index contributed by atoms with van der Waals surface area (Å²) < 4.78 is 10.5. The summed E-state index contributed by atoms with van der Waals surface area (Å²) in [5.74, 6) is 3.25. The highest BCUT2D eigenvalue weighted by molar-refractivity contribution is 5.82. The molecular weight excluding hydrogens is 356 g/mol. The molecule has 138 valence electrons. The minimum atomic E-state index is -0.731. The zero-order valence-corrected chi connectivity index (χ0v) is 14.1. The Morgan fingerprint density at radius 2 is 1.96 bits per heavy atom. The number of nitrogens with one attached hydrogen (secondary N) is 1. The van der Waals surface area contributed by atoms with Crippen LogP contribution in [-0.2, 0) is 0 Å². The number of hydrazone groups is 1. The van der Waals surface area contributed by atoms with Crippen LogP contribution in [0, 0.1) is 32.6 Å². The third-order valence-corrected chi connectivity index (χ3v) is 3.29. The van der Waals surface area contributed by atoms with Crippen molar-refractivity contribution in [3.8, 4) is 23.8 Å². The minimum absolute atomic E-state index is 0.0165. The molecule has 0 amide bonds. The number of nitro benzene ring substituents is 2. The zero-order chi connectivity index (χ0) is 19.8. The van der Waals surface area contributed by atoms with Gasteiger partial charge in [-0.2, -0.15) is 5.10 Å². The summed E-state index contributed by atoms with van der Waals surface area (Å²) in [7, 11) is 1.47. The first kappa shape index (κ1) is 19.2. The fourth-order valence-corrected chi connectivity index (χ4v) is 2.06. The normalized spacial score (nSPS) is 10.2. The average Bonchev–Trinajstić information content (AvgIpc) is 2.66. The number of ether oxygens (including phenoxy) is 2. The molecule has 2 aromatic carbocycles. The summed E-state index contributed by atoms with van der Waals surface area (Å²) in [6.07, 6.45) is 6.55. The lowest BCUT2D eigenvalue weighted by Gasteiger charge is -2.09. The van der Waals surface area contributed by atoms with Gasteiger partial charge in [-0.15, -0.1) is 6.42 Å². The first-order valence-corrected chi connectivity index (χ1v) is 7.42. The molecule has 1 N–H and O–H groups in total. The second-order valence-corrected chi connectivity index (χ2v) is 4.99. The number of rotatable bonds is 8. The highest BCUT2D eigenvalue weighted by Gasteiger charge is 2.19. The molecule has 0 aliphatic heterocycles. The summed E-state index contributed by atoms with van der Waals surface area (Å²) in [5.41, 5.74) is 2.29. The van der Waals surface area contributed by atoms with Crippen molar-refractivity contribution in [2.75, 3.05) is 19.1 Å². The number of methoxy groups -OCH3 is 1. The Kier molecular flexibility index (Phi) is 6.27. The Morgan fingerprint density at radius 1 is 1.19 bits per heavy atom. The van der Waals surface area contributed by atoms with E-state index in [2.05, 4.69) is 16.4 Å². The zero-order valence-electron chi connectivity index (χ0n) is 14.1. The molecule has 0 aromatic heterocycles. The molecule has 2 rings (SSSR count). The van der Waals surface area contributed by atoms with Crippen LogP contribution in [0.2, 0.25) is 0 Å². The summed E-state index contributed by atoms with van der Waals surface area (Å²) in [6, 6.07) is 8.19. The fraction of sp³-hybridized carbons (Fsp3) is 0.118. The Labute approximate surface area is 153 Å². The van der Waals surface area contributed by atoms with Gasteiger partial charge in [0.25, 0.3) is 5.69 Å². The first-order chi connectivity index (χ1) is 13.0. The molecule has 0 aliphatic rings. The Hall–Kier alpha value is -4.13. The molecule has 0 bridgehead atoms. The SMILES string of the molecule is C#CCOc1ccc(/C=N/Nc2ccc([N+](=O)[O-])cc2[N+](=O)[O-])cc1OC. The van der Waals surface area contributed by atoms with E-state index in [0.29, 0.717) is 17.1 Å². The summed E-state index contributed by atoms with van der Waals surface area (Å²) in [6.45, 7) is 0.0924. The van der Waals surface area contributed by atoms with Gasteiger partial charge in [0.05, 0.1) is 29.2 Å². The molecular formula is C17H14N4O6. The lowest BCUT2D eigenvalue weighted by molar-refractivity contribution is -0.393. The second kappa shape index (κ2) is 8.82. The van der Waals surface area contributed by atoms with Gasteiger partial charge in [-0.25, -0.2) is 0 Å². The predicted molar refractivity (Wildman–Crippen MR) is 98.3 cm³/mol. The number of nitro groups is 2. The first-order valence-electron chi connectivity index (χ1n) is 7.42. The van der Waals surface area contributed by atoms with Crippen LogP contribution in [0.5, 0.6) is 11.5 Å². The number of anilines is 1. The number of benzene rings is 2. The molecule has 27 heavy (non-hydrogen) atoms. The molecule has 0 unspecified atom stereocenters. The van der Waals surface area contributed by atoms with E-state index in [1.165, 1.54) is 19.4 Å². The van der Waals surface area contributed by atoms with E-state index < -0.39 is 15.5 Å². The van der Waals surface area contributed by atoms with Crippen LogP contribution < -0.4 is 14.9 Å². The topological polar surface area (TPSA) is 129 Å². The molecule has 0 radical (unpaired) electrons. The largest absolute Gasteiger partial charge is 0.493 e. The van der Waals surface area contributed by atoms with Crippen molar-refractivity contribution in [1.82, 2.24) is 0 Å². The molecule has 10 nitrogen and oxygen atoms in total. The molecule has 2 aromatic rings. The van der Waals surface area contributed by atoms with Crippen molar-refractivity contribution in [3.63, 3.8) is 0 Å². The molecule has 0 heterocycles. The smallest absolute Gasteiger partial charge is 0.301 e. The molecule has 10 heteroatoms. The number of non-ortho nitro benzene ring substituents is 1.